The Kier molecular flexibility index (Phi) is 6.34. The summed E-state index contributed by atoms with van der Waals surface area (Å²) < 4.78 is 35.2. The van der Waals surface area contributed by atoms with Crippen LogP contribution in [0.3, 0.4) is 0 Å². The van der Waals surface area contributed by atoms with Gasteiger partial charge < -0.3 is 15.0 Å². The molecule has 35 heavy (non-hydrogen) atoms. The molecule has 2 heterocycles. The molecule has 0 radical (unpaired) electrons. The lowest BCUT2D eigenvalue weighted by atomic mass is 9.92. The van der Waals surface area contributed by atoms with Gasteiger partial charge in [0.1, 0.15) is 12.4 Å². The molecule has 0 unspecified atom stereocenters. The normalized spacial score (nSPS) is 14.1. The van der Waals surface area contributed by atoms with Crippen molar-refractivity contribution in [3.05, 3.63) is 66.7 Å². The van der Waals surface area contributed by atoms with Crippen LogP contribution in [0.4, 0.5) is 11.4 Å². The fraction of sp³-hybridized carbons (Fsp3) is 0.308. The number of rotatable bonds is 9. The van der Waals surface area contributed by atoms with Gasteiger partial charge in [-0.15, -0.1) is 0 Å². The zero-order chi connectivity index (χ0) is 24.4. The fourth-order valence-corrected chi connectivity index (χ4v) is 5.62. The van der Waals surface area contributed by atoms with Gasteiger partial charge in [0, 0.05) is 41.1 Å². The monoisotopic (exact) mass is 491 g/mol. The number of hydrogen-bond acceptors (Lipinski definition) is 6. The van der Waals surface area contributed by atoms with Gasteiger partial charge in [-0.1, -0.05) is 19.1 Å². The SMILES string of the molecule is CCCS(=O)(=O)Nc1ccc(-c2c(N)c3ccc(OCc4cnccn4)cc3n2C2CCC2)cc1. The van der Waals surface area contributed by atoms with E-state index in [1.54, 1.807) is 30.7 Å². The standard InChI is InChI=1S/C26H29N5O3S/c1-2-14-35(32,33)30-19-8-6-18(7-9-19)26-25(27)23-11-10-22(34-17-20-16-28-12-13-29-20)15-24(23)31(26)21-4-3-5-21/h6-13,15-16,21,30H,2-5,14,17,27H2,1H3. The number of ether oxygens (including phenoxy) is 1. The van der Waals surface area contributed by atoms with Gasteiger partial charge in [-0.05, 0) is 49.9 Å². The van der Waals surface area contributed by atoms with Gasteiger partial charge in [0.25, 0.3) is 0 Å². The molecule has 4 aromatic rings. The third kappa shape index (κ3) is 4.81. The summed E-state index contributed by atoms with van der Waals surface area (Å²) >= 11 is 0. The van der Waals surface area contributed by atoms with Crippen molar-refractivity contribution in [3.63, 3.8) is 0 Å². The maximum absolute atomic E-state index is 12.1. The van der Waals surface area contributed by atoms with E-state index in [1.807, 2.05) is 37.3 Å². The Morgan fingerprint density at radius 1 is 1.14 bits per heavy atom. The highest BCUT2D eigenvalue weighted by Gasteiger charge is 2.27. The summed E-state index contributed by atoms with van der Waals surface area (Å²) in [6, 6.07) is 13.8. The van der Waals surface area contributed by atoms with Crippen LogP contribution in [0.2, 0.25) is 0 Å². The van der Waals surface area contributed by atoms with E-state index in [0.29, 0.717) is 30.4 Å². The molecule has 0 aliphatic heterocycles. The predicted molar refractivity (Wildman–Crippen MR) is 139 cm³/mol. The number of fused-ring (bicyclic) bond motifs is 1. The molecule has 1 saturated carbocycles. The Labute approximate surface area is 205 Å². The number of aromatic nitrogens is 3. The Morgan fingerprint density at radius 3 is 2.60 bits per heavy atom. The van der Waals surface area contributed by atoms with Crippen molar-refractivity contribution in [1.82, 2.24) is 14.5 Å². The molecule has 2 aromatic carbocycles. The molecular formula is C26H29N5O3S. The summed E-state index contributed by atoms with van der Waals surface area (Å²) in [5, 5.41) is 0.978. The smallest absolute Gasteiger partial charge is 0.232 e. The quantitative estimate of drug-likeness (QED) is 0.335. The van der Waals surface area contributed by atoms with Gasteiger partial charge in [-0.2, -0.15) is 0 Å². The Bertz CT molecular complexity index is 1430. The van der Waals surface area contributed by atoms with E-state index in [1.165, 1.54) is 6.42 Å². The van der Waals surface area contributed by atoms with Crippen LogP contribution >= 0.6 is 0 Å². The van der Waals surface area contributed by atoms with Crippen LogP contribution in [0, 0.1) is 0 Å². The summed E-state index contributed by atoms with van der Waals surface area (Å²) in [5.41, 5.74) is 11.7. The number of anilines is 2. The van der Waals surface area contributed by atoms with Gasteiger partial charge in [-0.3, -0.25) is 14.7 Å². The largest absolute Gasteiger partial charge is 0.487 e. The second-order valence-corrected chi connectivity index (χ2v) is 10.7. The molecule has 0 spiro atoms. The molecule has 1 fully saturated rings. The first-order valence-corrected chi connectivity index (χ1v) is 13.5. The molecule has 0 atom stereocenters. The number of benzene rings is 2. The van der Waals surface area contributed by atoms with E-state index >= 15 is 0 Å². The van der Waals surface area contributed by atoms with Crippen LogP contribution in [0.5, 0.6) is 5.75 Å². The molecule has 8 nitrogen and oxygen atoms in total. The summed E-state index contributed by atoms with van der Waals surface area (Å²) in [6.07, 6.45) is 8.92. The number of nitrogens with one attached hydrogen (secondary N) is 1. The van der Waals surface area contributed by atoms with Gasteiger partial charge in [0.15, 0.2) is 0 Å². The lowest BCUT2D eigenvalue weighted by Crippen LogP contribution is -2.18. The molecule has 5 rings (SSSR count). The average molecular weight is 492 g/mol. The third-order valence-electron chi connectivity index (χ3n) is 6.36. The van der Waals surface area contributed by atoms with Crippen molar-refractivity contribution < 1.29 is 13.2 Å². The minimum atomic E-state index is -3.34. The maximum Gasteiger partial charge on any atom is 0.232 e. The summed E-state index contributed by atoms with van der Waals surface area (Å²) in [7, 11) is -3.34. The van der Waals surface area contributed by atoms with Crippen molar-refractivity contribution in [1.29, 1.82) is 0 Å². The second kappa shape index (κ2) is 9.58. The first-order valence-electron chi connectivity index (χ1n) is 11.9. The molecule has 0 amide bonds. The Balaban J connectivity index is 1.49. The average Bonchev–Trinajstić information content (AvgIpc) is 3.09. The highest BCUT2D eigenvalue weighted by molar-refractivity contribution is 7.92. The van der Waals surface area contributed by atoms with Crippen molar-refractivity contribution in [2.45, 2.75) is 45.3 Å². The number of hydrogen-bond donors (Lipinski definition) is 2. The van der Waals surface area contributed by atoms with E-state index in [2.05, 4.69) is 19.3 Å². The summed E-state index contributed by atoms with van der Waals surface area (Å²) in [4.78, 5) is 8.35. The molecule has 2 aromatic heterocycles. The van der Waals surface area contributed by atoms with Crippen molar-refractivity contribution >= 4 is 32.3 Å². The zero-order valence-electron chi connectivity index (χ0n) is 19.6. The predicted octanol–water partition coefficient (Wildman–Crippen LogP) is 5.14. The lowest BCUT2D eigenvalue weighted by Gasteiger charge is -2.30. The Hall–Kier alpha value is -3.59. The minimum Gasteiger partial charge on any atom is -0.487 e. The van der Waals surface area contributed by atoms with Crippen LogP contribution in [-0.4, -0.2) is 28.7 Å². The topological polar surface area (TPSA) is 112 Å². The molecule has 1 aliphatic carbocycles. The summed E-state index contributed by atoms with van der Waals surface area (Å²) in [5.74, 6) is 0.840. The number of nitrogens with zero attached hydrogens (tertiary/aromatic N) is 3. The molecule has 3 N–H and O–H groups in total. The van der Waals surface area contributed by atoms with Crippen molar-refractivity contribution in [3.8, 4) is 17.0 Å². The second-order valence-electron chi connectivity index (χ2n) is 8.88. The first-order chi connectivity index (χ1) is 16.9. The molecule has 0 bridgehead atoms. The number of nitrogens with two attached hydrogens (primary N) is 1. The molecule has 1 aliphatic rings. The van der Waals surface area contributed by atoms with E-state index in [4.69, 9.17) is 10.5 Å². The van der Waals surface area contributed by atoms with Gasteiger partial charge >= 0.3 is 0 Å². The van der Waals surface area contributed by atoms with E-state index in [-0.39, 0.29) is 5.75 Å². The summed E-state index contributed by atoms with van der Waals surface area (Å²) in [6.45, 7) is 2.18. The van der Waals surface area contributed by atoms with E-state index in [9.17, 15) is 8.42 Å². The molecular weight excluding hydrogens is 462 g/mol. The minimum absolute atomic E-state index is 0.0961. The van der Waals surface area contributed by atoms with Crippen LogP contribution < -0.4 is 15.2 Å². The zero-order valence-corrected chi connectivity index (χ0v) is 20.5. The van der Waals surface area contributed by atoms with E-state index in [0.717, 1.165) is 46.4 Å². The van der Waals surface area contributed by atoms with E-state index < -0.39 is 10.0 Å². The van der Waals surface area contributed by atoms with Gasteiger partial charge in [0.05, 0.1) is 34.5 Å². The number of sulfonamides is 1. The lowest BCUT2D eigenvalue weighted by molar-refractivity contribution is 0.300. The first kappa shape index (κ1) is 23.2. The molecule has 9 heteroatoms. The molecule has 182 valence electrons. The van der Waals surface area contributed by atoms with Crippen molar-refractivity contribution in [2.24, 2.45) is 0 Å². The van der Waals surface area contributed by atoms with Crippen LogP contribution in [-0.2, 0) is 16.6 Å². The molecule has 0 saturated heterocycles. The fourth-order valence-electron chi connectivity index (χ4n) is 4.48. The van der Waals surface area contributed by atoms with Gasteiger partial charge in [0.2, 0.25) is 10.0 Å². The number of nitrogen functional groups attached to an aromatic ring is 1. The van der Waals surface area contributed by atoms with Crippen LogP contribution in [0.1, 0.15) is 44.3 Å². The Morgan fingerprint density at radius 2 is 1.94 bits per heavy atom. The van der Waals surface area contributed by atoms with Crippen LogP contribution in [0.15, 0.2) is 61.1 Å². The maximum atomic E-state index is 12.1. The third-order valence-corrected chi connectivity index (χ3v) is 7.86. The highest BCUT2D eigenvalue weighted by Crippen LogP contribution is 2.45. The van der Waals surface area contributed by atoms with Crippen molar-refractivity contribution in [2.75, 3.05) is 16.2 Å². The van der Waals surface area contributed by atoms with Crippen LogP contribution in [0.25, 0.3) is 22.2 Å². The highest BCUT2D eigenvalue weighted by atomic mass is 32.2. The van der Waals surface area contributed by atoms with Gasteiger partial charge in [-0.25, -0.2) is 8.42 Å².